The molecule has 4 rings (SSSR count). The van der Waals surface area contributed by atoms with Gasteiger partial charge < -0.3 is 10.6 Å². The summed E-state index contributed by atoms with van der Waals surface area (Å²) in [6, 6.07) is 8.64. The van der Waals surface area contributed by atoms with Crippen LogP contribution in [-0.2, 0) is 10.0 Å². The molecule has 0 saturated carbocycles. The molecule has 25 heavy (non-hydrogen) atoms. The molecule has 2 aliphatic heterocycles. The topological polar surface area (TPSA) is 83.7 Å². The molecule has 2 aromatic carbocycles. The summed E-state index contributed by atoms with van der Waals surface area (Å²) in [7, 11) is -1.89. The Labute approximate surface area is 147 Å². The summed E-state index contributed by atoms with van der Waals surface area (Å²) in [6.45, 7) is 1.58. The minimum atomic E-state index is -3.60. The van der Waals surface area contributed by atoms with Gasteiger partial charge >= 0.3 is 0 Å². The van der Waals surface area contributed by atoms with Gasteiger partial charge in [-0.05, 0) is 43.5 Å². The molecule has 0 spiro atoms. The lowest BCUT2D eigenvalue weighted by Crippen LogP contribution is -2.40. The third-order valence-electron chi connectivity index (χ3n) is 5.40. The fourth-order valence-corrected chi connectivity index (χ4v) is 5.52. The van der Waals surface area contributed by atoms with E-state index in [-0.39, 0.29) is 10.8 Å². The van der Waals surface area contributed by atoms with Crippen molar-refractivity contribution in [3.8, 4) is 0 Å². The van der Waals surface area contributed by atoms with Crippen LogP contribution in [0.15, 0.2) is 35.2 Å². The number of rotatable bonds is 3. The number of hydrogen-bond acceptors (Lipinski definition) is 4. The average molecular weight is 359 g/mol. The Hall–Kier alpha value is -1.96. The Balaban J connectivity index is 1.82. The van der Waals surface area contributed by atoms with Crippen LogP contribution in [0.5, 0.6) is 0 Å². The number of carbonyl (C=O) groups excluding carboxylic acids is 1. The first kappa shape index (κ1) is 16.5. The summed E-state index contributed by atoms with van der Waals surface area (Å²) < 4.78 is 27.9. The first-order valence-electron chi connectivity index (χ1n) is 8.49. The minimum Gasteiger partial charge on any atom is -0.330 e. The fourth-order valence-electron chi connectivity index (χ4n) is 3.86. The van der Waals surface area contributed by atoms with Crippen molar-refractivity contribution in [1.29, 1.82) is 0 Å². The van der Waals surface area contributed by atoms with Crippen molar-refractivity contribution >= 4 is 32.4 Å². The highest BCUT2D eigenvalue weighted by Gasteiger charge is 2.33. The Kier molecular flexibility index (Phi) is 3.82. The van der Waals surface area contributed by atoms with Crippen molar-refractivity contribution in [1.82, 2.24) is 4.31 Å². The van der Waals surface area contributed by atoms with Crippen molar-refractivity contribution in [2.45, 2.75) is 17.7 Å². The molecule has 0 aromatic heterocycles. The van der Waals surface area contributed by atoms with Gasteiger partial charge in [0.25, 0.3) is 5.91 Å². The van der Waals surface area contributed by atoms with E-state index in [1.807, 2.05) is 0 Å². The maximum absolute atomic E-state index is 13.2. The standard InChI is InChI=1S/C18H21N3O3S/c1-20-15-5-6-16(13-3-2-4-14(17(13)15)18(20)22)25(23,24)21-9-7-12(11-19)8-10-21/h2-6,12H,7-11,19H2,1H3. The molecule has 0 radical (unpaired) electrons. The number of carbonyl (C=O) groups is 1. The highest BCUT2D eigenvalue weighted by atomic mass is 32.2. The summed E-state index contributed by atoms with van der Waals surface area (Å²) >= 11 is 0. The van der Waals surface area contributed by atoms with E-state index in [4.69, 9.17) is 5.73 Å². The predicted molar refractivity (Wildman–Crippen MR) is 97.2 cm³/mol. The Morgan fingerprint density at radius 1 is 1.16 bits per heavy atom. The smallest absolute Gasteiger partial charge is 0.258 e. The van der Waals surface area contributed by atoms with Crippen LogP contribution in [0.2, 0.25) is 0 Å². The second kappa shape index (κ2) is 5.79. The van der Waals surface area contributed by atoms with E-state index in [2.05, 4.69) is 0 Å². The van der Waals surface area contributed by atoms with E-state index in [9.17, 15) is 13.2 Å². The number of piperidine rings is 1. The van der Waals surface area contributed by atoms with Gasteiger partial charge in [0.05, 0.1) is 10.6 Å². The van der Waals surface area contributed by atoms with E-state index in [0.29, 0.717) is 36.5 Å². The average Bonchev–Trinajstić information content (AvgIpc) is 2.89. The molecule has 0 aliphatic carbocycles. The van der Waals surface area contributed by atoms with Gasteiger partial charge in [-0.2, -0.15) is 4.31 Å². The van der Waals surface area contributed by atoms with Gasteiger partial charge in [0.1, 0.15) is 0 Å². The zero-order valence-corrected chi connectivity index (χ0v) is 14.9. The molecule has 0 atom stereocenters. The summed E-state index contributed by atoms with van der Waals surface area (Å²) in [4.78, 5) is 14.2. The lowest BCUT2D eigenvalue weighted by molar-refractivity contribution is 0.0999. The van der Waals surface area contributed by atoms with Crippen molar-refractivity contribution in [2.24, 2.45) is 11.7 Å². The number of benzene rings is 2. The minimum absolute atomic E-state index is 0.0982. The molecule has 0 unspecified atom stereocenters. The zero-order valence-electron chi connectivity index (χ0n) is 14.1. The maximum Gasteiger partial charge on any atom is 0.258 e. The molecule has 1 fully saturated rings. The molecule has 2 aromatic rings. The molecule has 2 N–H and O–H groups in total. The van der Waals surface area contributed by atoms with Crippen molar-refractivity contribution in [3.05, 3.63) is 35.9 Å². The quantitative estimate of drug-likeness (QED) is 0.906. The Bertz CT molecular complexity index is 963. The zero-order chi connectivity index (χ0) is 17.8. The van der Waals surface area contributed by atoms with Gasteiger partial charge in [0.2, 0.25) is 10.0 Å². The monoisotopic (exact) mass is 359 g/mol. The molecule has 2 heterocycles. The van der Waals surface area contributed by atoms with E-state index < -0.39 is 10.0 Å². The van der Waals surface area contributed by atoms with Crippen LogP contribution in [0.1, 0.15) is 23.2 Å². The number of nitrogens with zero attached hydrogens (tertiary/aromatic N) is 2. The first-order chi connectivity index (χ1) is 11.9. The molecule has 0 bridgehead atoms. The summed E-state index contributed by atoms with van der Waals surface area (Å²) in [5.41, 5.74) is 7.03. The lowest BCUT2D eigenvalue weighted by Gasteiger charge is -2.30. The normalized spacial score (nSPS) is 19.1. The second-order valence-corrected chi connectivity index (χ2v) is 8.66. The predicted octanol–water partition coefficient (Wildman–Crippen LogP) is 1.79. The molecule has 2 aliphatic rings. The van der Waals surface area contributed by atoms with E-state index >= 15 is 0 Å². The van der Waals surface area contributed by atoms with Gasteiger partial charge in [-0.3, -0.25) is 4.79 Å². The van der Waals surface area contributed by atoms with Crippen LogP contribution in [0, 0.1) is 5.92 Å². The summed E-state index contributed by atoms with van der Waals surface area (Å²) in [6.07, 6.45) is 1.58. The van der Waals surface area contributed by atoms with Crippen LogP contribution in [0.4, 0.5) is 5.69 Å². The van der Waals surface area contributed by atoms with E-state index in [0.717, 1.165) is 23.9 Å². The fraction of sp³-hybridized carbons (Fsp3) is 0.389. The molecular weight excluding hydrogens is 338 g/mol. The highest BCUT2D eigenvalue weighted by molar-refractivity contribution is 7.89. The molecule has 132 valence electrons. The Morgan fingerprint density at radius 2 is 1.88 bits per heavy atom. The van der Waals surface area contributed by atoms with Gasteiger partial charge in [0.15, 0.2) is 0 Å². The molecule has 6 nitrogen and oxygen atoms in total. The van der Waals surface area contributed by atoms with E-state index in [1.165, 1.54) is 0 Å². The molecular formula is C18H21N3O3S. The van der Waals surface area contributed by atoms with Crippen LogP contribution in [0.3, 0.4) is 0 Å². The number of nitrogens with two attached hydrogens (primary N) is 1. The number of hydrogen-bond donors (Lipinski definition) is 1. The van der Waals surface area contributed by atoms with E-state index in [1.54, 1.807) is 46.6 Å². The van der Waals surface area contributed by atoms with Crippen LogP contribution < -0.4 is 10.6 Å². The number of amides is 1. The van der Waals surface area contributed by atoms with Crippen LogP contribution in [0.25, 0.3) is 10.8 Å². The molecule has 7 heteroatoms. The van der Waals surface area contributed by atoms with Crippen LogP contribution >= 0.6 is 0 Å². The maximum atomic E-state index is 13.2. The summed E-state index contributed by atoms with van der Waals surface area (Å²) in [5, 5.41) is 1.35. The number of anilines is 1. The van der Waals surface area contributed by atoms with Gasteiger partial charge in [-0.1, -0.05) is 12.1 Å². The van der Waals surface area contributed by atoms with Gasteiger partial charge in [-0.25, -0.2) is 8.42 Å². The largest absolute Gasteiger partial charge is 0.330 e. The highest BCUT2D eigenvalue weighted by Crippen LogP contribution is 2.40. The van der Waals surface area contributed by atoms with Crippen molar-refractivity contribution in [3.63, 3.8) is 0 Å². The van der Waals surface area contributed by atoms with Gasteiger partial charge in [0, 0.05) is 36.5 Å². The van der Waals surface area contributed by atoms with Crippen molar-refractivity contribution in [2.75, 3.05) is 31.6 Å². The third kappa shape index (κ3) is 2.38. The first-order valence-corrected chi connectivity index (χ1v) is 9.93. The molecule has 1 saturated heterocycles. The van der Waals surface area contributed by atoms with Gasteiger partial charge in [-0.15, -0.1) is 0 Å². The number of sulfonamides is 1. The second-order valence-electron chi connectivity index (χ2n) is 6.76. The SMILES string of the molecule is CN1C(=O)c2cccc3c(S(=O)(=O)N4CCC(CN)CC4)ccc1c23. The lowest BCUT2D eigenvalue weighted by atomic mass is 9.99. The molecule has 1 amide bonds. The van der Waals surface area contributed by atoms with Crippen molar-refractivity contribution < 1.29 is 13.2 Å². The van der Waals surface area contributed by atoms with Crippen LogP contribution in [-0.4, -0.2) is 45.3 Å². The summed E-state index contributed by atoms with van der Waals surface area (Å²) in [5.74, 6) is 0.296. The Morgan fingerprint density at radius 3 is 2.56 bits per heavy atom. The third-order valence-corrected chi connectivity index (χ3v) is 7.36.